The molecule has 4 heteroatoms. The third kappa shape index (κ3) is 3.46. The summed E-state index contributed by atoms with van der Waals surface area (Å²) in [5, 5.41) is 9.11. The Hall–Kier alpha value is -1.55. The second-order valence-electron chi connectivity index (χ2n) is 3.91. The van der Waals surface area contributed by atoms with Crippen molar-refractivity contribution in [2.24, 2.45) is 0 Å². The minimum absolute atomic E-state index is 0.159. The highest BCUT2D eigenvalue weighted by Gasteiger charge is 2.15. The molecule has 0 heterocycles. The van der Waals surface area contributed by atoms with Crippen LogP contribution in [0.15, 0.2) is 18.2 Å². The molecule has 4 nitrogen and oxygen atoms in total. The van der Waals surface area contributed by atoms with Gasteiger partial charge in [-0.3, -0.25) is 0 Å². The zero-order valence-corrected chi connectivity index (χ0v) is 10.4. The summed E-state index contributed by atoms with van der Waals surface area (Å²) < 4.78 is 10.1. The number of aromatic carboxylic acids is 1. The van der Waals surface area contributed by atoms with Crippen molar-refractivity contribution in [3.8, 4) is 5.75 Å². The summed E-state index contributed by atoms with van der Waals surface area (Å²) in [4.78, 5) is 11.1. The largest absolute Gasteiger partial charge is 0.478 e. The average molecular weight is 238 g/mol. The highest BCUT2D eigenvalue weighted by atomic mass is 16.7. The quantitative estimate of drug-likeness (QED) is 0.774. The van der Waals surface area contributed by atoms with Crippen LogP contribution in [-0.2, 0) is 4.74 Å². The van der Waals surface area contributed by atoms with Crippen molar-refractivity contribution in [3.05, 3.63) is 29.3 Å². The van der Waals surface area contributed by atoms with Gasteiger partial charge in [-0.15, -0.1) is 0 Å². The first-order valence-electron chi connectivity index (χ1n) is 5.59. The van der Waals surface area contributed by atoms with Crippen LogP contribution in [-0.4, -0.2) is 25.0 Å². The summed E-state index contributed by atoms with van der Waals surface area (Å²) >= 11 is 0. The Kier molecular flexibility index (Phi) is 4.97. The molecule has 0 bridgehead atoms. The number of carboxylic acids is 1. The summed E-state index contributed by atoms with van der Waals surface area (Å²) in [5.74, 6) is -0.0852. The molecule has 1 N–H and O–H groups in total. The first-order chi connectivity index (χ1) is 8.10. The Morgan fingerprint density at radius 1 is 1.47 bits per heavy atom. The van der Waals surface area contributed by atoms with Crippen LogP contribution in [0.25, 0.3) is 0 Å². The molecule has 0 saturated heterocycles. The highest BCUT2D eigenvalue weighted by Crippen LogP contribution is 2.27. The highest BCUT2D eigenvalue weighted by molar-refractivity contribution is 5.89. The predicted molar refractivity (Wildman–Crippen MR) is 64.6 cm³/mol. The fourth-order valence-electron chi connectivity index (χ4n) is 1.58. The summed E-state index contributed by atoms with van der Waals surface area (Å²) in [6, 6.07) is 5.00. The lowest BCUT2D eigenvalue weighted by Gasteiger charge is -2.14. The molecule has 17 heavy (non-hydrogen) atoms. The van der Waals surface area contributed by atoms with E-state index in [0.717, 1.165) is 12.0 Å². The molecule has 94 valence electrons. The summed E-state index contributed by atoms with van der Waals surface area (Å²) in [5.41, 5.74) is 1.14. The molecule has 1 aromatic rings. The molecule has 0 aliphatic heterocycles. The maximum atomic E-state index is 11.1. The standard InChI is InChI=1S/C13H18O4/c1-4-9(2)12-7-10(17-8-16-3)5-6-11(12)13(14)15/h5-7,9H,4,8H2,1-3H3,(H,14,15). The molecule has 1 aromatic carbocycles. The van der Waals surface area contributed by atoms with E-state index in [9.17, 15) is 4.79 Å². The van der Waals surface area contributed by atoms with Gasteiger partial charge in [0.15, 0.2) is 6.79 Å². The fraction of sp³-hybridized carbons (Fsp3) is 0.462. The Morgan fingerprint density at radius 2 is 2.18 bits per heavy atom. The van der Waals surface area contributed by atoms with Gasteiger partial charge in [-0.2, -0.15) is 0 Å². The number of ether oxygens (including phenoxy) is 2. The van der Waals surface area contributed by atoms with Crippen molar-refractivity contribution in [1.29, 1.82) is 0 Å². The lowest BCUT2D eigenvalue weighted by Crippen LogP contribution is -2.06. The number of hydrogen-bond donors (Lipinski definition) is 1. The SMILES string of the molecule is CCC(C)c1cc(OCOC)ccc1C(=O)O. The van der Waals surface area contributed by atoms with Crippen molar-refractivity contribution >= 4 is 5.97 Å². The van der Waals surface area contributed by atoms with Gasteiger partial charge in [0.25, 0.3) is 0 Å². The van der Waals surface area contributed by atoms with E-state index in [2.05, 4.69) is 0 Å². The number of methoxy groups -OCH3 is 1. The number of carbonyl (C=O) groups is 1. The predicted octanol–water partition coefficient (Wildman–Crippen LogP) is 2.88. The Labute approximate surface area is 101 Å². The van der Waals surface area contributed by atoms with Crippen molar-refractivity contribution < 1.29 is 19.4 Å². The molecule has 0 aliphatic rings. The summed E-state index contributed by atoms with van der Waals surface area (Å²) in [7, 11) is 1.54. The molecule has 0 radical (unpaired) electrons. The van der Waals surface area contributed by atoms with Crippen LogP contribution in [0, 0.1) is 0 Å². The van der Waals surface area contributed by atoms with Gasteiger partial charge in [0.05, 0.1) is 5.56 Å². The lowest BCUT2D eigenvalue weighted by molar-refractivity contribution is 0.0510. The Morgan fingerprint density at radius 3 is 2.71 bits per heavy atom. The van der Waals surface area contributed by atoms with Crippen LogP contribution in [0.4, 0.5) is 0 Å². The zero-order chi connectivity index (χ0) is 12.8. The van der Waals surface area contributed by atoms with Crippen molar-refractivity contribution in [3.63, 3.8) is 0 Å². The van der Waals surface area contributed by atoms with Gasteiger partial charge >= 0.3 is 5.97 Å². The molecule has 0 aromatic heterocycles. The maximum absolute atomic E-state index is 11.1. The zero-order valence-electron chi connectivity index (χ0n) is 10.4. The van der Waals surface area contributed by atoms with Crippen LogP contribution >= 0.6 is 0 Å². The van der Waals surface area contributed by atoms with E-state index in [0.29, 0.717) is 11.3 Å². The van der Waals surface area contributed by atoms with Crippen LogP contribution in [0.1, 0.15) is 42.1 Å². The minimum Gasteiger partial charge on any atom is -0.478 e. The van der Waals surface area contributed by atoms with Crippen molar-refractivity contribution in [1.82, 2.24) is 0 Å². The number of rotatable bonds is 6. The van der Waals surface area contributed by atoms with Gasteiger partial charge in [-0.1, -0.05) is 13.8 Å². The number of hydrogen-bond acceptors (Lipinski definition) is 3. The van der Waals surface area contributed by atoms with Crippen LogP contribution < -0.4 is 4.74 Å². The van der Waals surface area contributed by atoms with E-state index in [-0.39, 0.29) is 12.7 Å². The smallest absolute Gasteiger partial charge is 0.335 e. The first kappa shape index (κ1) is 13.5. The van der Waals surface area contributed by atoms with Crippen molar-refractivity contribution in [2.45, 2.75) is 26.2 Å². The molecule has 0 saturated carbocycles. The molecular formula is C13H18O4. The average Bonchev–Trinajstić information content (AvgIpc) is 2.34. The second kappa shape index (κ2) is 6.25. The first-order valence-corrected chi connectivity index (χ1v) is 5.59. The Balaban J connectivity index is 3.05. The molecule has 0 spiro atoms. The van der Waals surface area contributed by atoms with Crippen molar-refractivity contribution in [2.75, 3.05) is 13.9 Å². The van der Waals surface area contributed by atoms with E-state index < -0.39 is 5.97 Å². The third-order valence-corrected chi connectivity index (χ3v) is 2.74. The molecule has 1 rings (SSSR count). The van der Waals surface area contributed by atoms with E-state index in [1.165, 1.54) is 0 Å². The van der Waals surface area contributed by atoms with Gasteiger partial charge in [0, 0.05) is 7.11 Å². The summed E-state index contributed by atoms with van der Waals surface area (Å²) in [6.45, 7) is 4.19. The van der Waals surface area contributed by atoms with Gasteiger partial charge in [0.2, 0.25) is 0 Å². The van der Waals surface area contributed by atoms with Gasteiger partial charge in [-0.05, 0) is 36.1 Å². The van der Waals surface area contributed by atoms with E-state index >= 15 is 0 Å². The van der Waals surface area contributed by atoms with Crippen LogP contribution in [0.2, 0.25) is 0 Å². The van der Waals surface area contributed by atoms with Crippen LogP contribution in [0.5, 0.6) is 5.75 Å². The van der Waals surface area contributed by atoms with Gasteiger partial charge in [-0.25, -0.2) is 4.79 Å². The van der Waals surface area contributed by atoms with Gasteiger partial charge < -0.3 is 14.6 Å². The number of carboxylic acid groups (broad SMARTS) is 1. The van der Waals surface area contributed by atoms with Crippen LogP contribution in [0.3, 0.4) is 0 Å². The third-order valence-electron chi connectivity index (χ3n) is 2.74. The molecule has 0 fully saturated rings. The molecule has 0 aliphatic carbocycles. The summed E-state index contributed by atoms with van der Waals surface area (Å²) in [6.07, 6.45) is 0.883. The lowest BCUT2D eigenvalue weighted by atomic mass is 9.93. The molecule has 1 atom stereocenters. The number of benzene rings is 1. The van der Waals surface area contributed by atoms with Gasteiger partial charge in [0.1, 0.15) is 5.75 Å². The Bertz CT molecular complexity index is 387. The van der Waals surface area contributed by atoms with E-state index in [1.807, 2.05) is 13.8 Å². The second-order valence-corrected chi connectivity index (χ2v) is 3.91. The normalized spacial score (nSPS) is 12.2. The monoisotopic (exact) mass is 238 g/mol. The topological polar surface area (TPSA) is 55.8 Å². The van der Waals surface area contributed by atoms with E-state index in [1.54, 1.807) is 25.3 Å². The maximum Gasteiger partial charge on any atom is 0.335 e. The molecular weight excluding hydrogens is 220 g/mol. The molecule has 1 unspecified atom stereocenters. The van der Waals surface area contributed by atoms with E-state index in [4.69, 9.17) is 14.6 Å². The molecule has 0 amide bonds. The fourth-order valence-corrected chi connectivity index (χ4v) is 1.58. The minimum atomic E-state index is -0.904.